The van der Waals surface area contributed by atoms with E-state index in [2.05, 4.69) is 17.2 Å². The number of hydrogen-bond acceptors (Lipinski definition) is 5. The molecule has 2 heterocycles. The van der Waals surface area contributed by atoms with E-state index >= 15 is 0 Å². The Hall–Kier alpha value is -1.69. The maximum Gasteiger partial charge on any atom is 0.311 e. The third-order valence-electron chi connectivity index (χ3n) is 4.01. The van der Waals surface area contributed by atoms with Crippen molar-refractivity contribution in [2.45, 2.75) is 38.6 Å². The summed E-state index contributed by atoms with van der Waals surface area (Å²) in [6.45, 7) is 2.27. The van der Waals surface area contributed by atoms with E-state index in [4.69, 9.17) is 0 Å². The van der Waals surface area contributed by atoms with Gasteiger partial charge in [0, 0.05) is 6.04 Å². The fourth-order valence-corrected chi connectivity index (χ4v) is 3.65. The Bertz CT molecular complexity index is 632. The van der Waals surface area contributed by atoms with Crippen molar-refractivity contribution < 1.29 is 4.92 Å². The molecule has 1 aliphatic rings. The summed E-state index contributed by atoms with van der Waals surface area (Å²) >= 11 is 1.51. The van der Waals surface area contributed by atoms with Crippen LogP contribution >= 0.6 is 11.3 Å². The molecule has 6 heteroatoms. The summed E-state index contributed by atoms with van der Waals surface area (Å²) in [5.74, 6) is 0.766. The van der Waals surface area contributed by atoms with Gasteiger partial charge in [-0.25, -0.2) is 4.98 Å². The van der Waals surface area contributed by atoms with Gasteiger partial charge >= 0.3 is 5.69 Å². The molecule has 1 fully saturated rings. The number of aromatic nitrogens is 1. The Morgan fingerprint density at radius 2 is 2.15 bits per heavy atom. The van der Waals surface area contributed by atoms with Crippen molar-refractivity contribution in [1.29, 1.82) is 0 Å². The molecule has 3 rings (SSSR count). The number of anilines is 1. The summed E-state index contributed by atoms with van der Waals surface area (Å²) < 4.78 is 0.887. The molecule has 2 aromatic rings. The molecule has 5 nitrogen and oxygen atoms in total. The van der Waals surface area contributed by atoms with Gasteiger partial charge < -0.3 is 5.32 Å². The molecule has 0 radical (unpaired) electrons. The van der Waals surface area contributed by atoms with Crippen LogP contribution in [0.4, 0.5) is 11.4 Å². The fourth-order valence-electron chi connectivity index (χ4n) is 2.79. The van der Waals surface area contributed by atoms with Crippen LogP contribution in [0.5, 0.6) is 0 Å². The van der Waals surface area contributed by atoms with Crippen molar-refractivity contribution in [1.82, 2.24) is 4.98 Å². The van der Waals surface area contributed by atoms with Crippen molar-refractivity contribution in [3.63, 3.8) is 0 Å². The summed E-state index contributed by atoms with van der Waals surface area (Å²) in [5, 5.41) is 16.5. The van der Waals surface area contributed by atoms with E-state index in [0.29, 0.717) is 11.7 Å². The zero-order chi connectivity index (χ0) is 14.1. The van der Waals surface area contributed by atoms with E-state index < -0.39 is 0 Å². The molecule has 1 aliphatic carbocycles. The third kappa shape index (κ3) is 2.47. The molecule has 0 aromatic carbocycles. The molecule has 1 N–H and O–H groups in total. The van der Waals surface area contributed by atoms with Gasteiger partial charge in [-0.3, -0.25) is 10.1 Å². The van der Waals surface area contributed by atoms with Crippen LogP contribution in [0.2, 0.25) is 0 Å². The topological polar surface area (TPSA) is 68.1 Å². The molecular formula is C14H17N3O2S. The predicted molar refractivity (Wildman–Crippen MR) is 81.3 cm³/mol. The zero-order valence-corrected chi connectivity index (χ0v) is 12.2. The van der Waals surface area contributed by atoms with E-state index in [-0.39, 0.29) is 10.6 Å². The second-order valence-electron chi connectivity index (χ2n) is 5.51. The van der Waals surface area contributed by atoms with Gasteiger partial charge in [0.25, 0.3) is 0 Å². The SMILES string of the molecule is CC1CCC(Nc2c([N+](=O)[O-])cnc3ccsc23)CC1. The molecule has 0 spiro atoms. The first-order valence-corrected chi connectivity index (χ1v) is 7.80. The minimum absolute atomic E-state index is 0.0820. The normalized spacial score (nSPS) is 22.9. The molecule has 0 bridgehead atoms. The number of pyridine rings is 1. The highest BCUT2D eigenvalue weighted by molar-refractivity contribution is 7.17. The monoisotopic (exact) mass is 291 g/mol. The molecular weight excluding hydrogens is 274 g/mol. The van der Waals surface area contributed by atoms with Gasteiger partial charge in [-0.1, -0.05) is 6.92 Å². The molecule has 0 saturated heterocycles. The summed E-state index contributed by atoms with van der Waals surface area (Å²) in [5.41, 5.74) is 1.56. The van der Waals surface area contributed by atoms with Crippen LogP contribution in [0, 0.1) is 16.0 Å². The lowest BCUT2D eigenvalue weighted by Gasteiger charge is -2.27. The molecule has 0 unspecified atom stereocenters. The van der Waals surface area contributed by atoms with Crippen LogP contribution in [0.25, 0.3) is 10.2 Å². The predicted octanol–water partition coefficient (Wildman–Crippen LogP) is 4.20. The lowest BCUT2D eigenvalue weighted by Crippen LogP contribution is -2.25. The molecule has 106 valence electrons. The zero-order valence-electron chi connectivity index (χ0n) is 11.3. The lowest BCUT2D eigenvalue weighted by molar-refractivity contribution is -0.384. The maximum absolute atomic E-state index is 11.2. The highest BCUT2D eigenvalue weighted by Gasteiger charge is 2.24. The Morgan fingerprint density at radius 1 is 1.40 bits per heavy atom. The van der Waals surface area contributed by atoms with Crippen LogP contribution in [0.15, 0.2) is 17.6 Å². The van der Waals surface area contributed by atoms with Gasteiger partial charge in [0.05, 0.1) is 15.1 Å². The standard InChI is InChI=1S/C14H17N3O2S/c1-9-2-4-10(5-3-9)16-13-12(17(18)19)8-15-11-6-7-20-14(11)13/h6-10H,2-5H2,1H3,(H,15,16). The number of rotatable bonds is 3. The Kier molecular flexibility index (Phi) is 3.56. The number of nitrogens with one attached hydrogen (secondary N) is 1. The average molecular weight is 291 g/mol. The molecule has 1 saturated carbocycles. The first-order chi connectivity index (χ1) is 9.65. The van der Waals surface area contributed by atoms with Gasteiger partial charge in [-0.2, -0.15) is 0 Å². The quantitative estimate of drug-likeness (QED) is 0.680. The number of nitro groups is 1. The fraction of sp³-hybridized carbons (Fsp3) is 0.500. The van der Waals surface area contributed by atoms with Gasteiger partial charge in [-0.05, 0) is 43.0 Å². The maximum atomic E-state index is 11.2. The van der Waals surface area contributed by atoms with Crippen molar-refractivity contribution in [2.24, 2.45) is 5.92 Å². The Morgan fingerprint density at radius 3 is 2.85 bits per heavy atom. The van der Waals surface area contributed by atoms with E-state index in [0.717, 1.165) is 29.0 Å². The molecule has 20 heavy (non-hydrogen) atoms. The van der Waals surface area contributed by atoms with Gasteiger partial charge in [0.2, 0.25) is 0 Å². The molecule has 0 aliphatic heterocycles. The second-order valence-corrected chi connectivity index (χ2v) is 6.43. The van der Waals surface area contributed by atoms with Crippen LogP contribution in [0.1, 0.15) is 32.6 Å². The first-order valence-electron chi connectivity index (χ1n) is 6.92. The van der Waals surface area contributed by atoms with E-state index in [1.165, 1.54) is 30.4 Å². The lowest BCUT2D eigenvalue weighted by atomic mass is 9.87. The van der Waals surface area contributed by atoms with Crippen molar-refractivity contribution >= 4 is 32.9 Å². The van der Waals surface area contributed by atoms with Gasteiger partial charge in [0.1, 0.15) is 11.9 Å². The minimum atomic E-state index is -0.347. The minimum Gasteiger partial charge on any atom is -0.375 e. The smallest absolute Gasteiger partial charge is 0.311 e. The van der Waals surface area contributed by atoms with Gasteiger partial charge in [0.15, 0.2) is 0 Å². The highest BCUT2D eigenvalue weighted by Crippen LogP contribution is 2.37. The number of hydrogen-bond donors (Lipinski definition) is 1. The summed E-state index contributed by atoms with van der Waals surface area (Å²) in [7, 11) is 0. The van der Waals surface area contributed by atoms with E-state index in [9.17, 15) is 10.1 Å². The summed E-state index contributed by atoms with van der Waals surface area (Å²) in [6, 6.07) is 2.23. The Balaban J connectivity index is 1.94. The second kappa shape index (κ2) is 5.36. The van der Waals surface area contributed by atoms with Crippen LogP contribution < -0.4 is 5.32 Å². The first kappa shape index (κ1) is 13.3. The molecule has 2 aromatic heterocycles. The largest absolute Gasteiger partial charge is 0.375 e. The molecule has 0 atom stereocenters. The summed E-state index contributed by atoms with van der Waals surface area (Å²) in [4.78, 5) is 15.0. The summed E-state index contributed by atoms with van der Waals surface area (Å²) in [6.07, 6.45) is 5.89. The number of thiophene rings is 1. The van der Waals surface area contributed by atoms with Crippen molar-refractivity contribution in [2.75, 3.05) is 5.32 Å². The Labute approximate surface area is 121 Å². The highest BCUT2D eigenvalue weighted by atomic mass is 32.1. The number of nitrogens with zero attached hydrogens (tertiary/aromatic N) is 2. The van der Waals surface area contributed by atoms with Crippen molar-refractivity contribution in [3.05, 3.63) is 27.8 Å². The van der Waals surface area contributed by atoms with Crippen LogP contribution in [-0.2, 0) is 0 Å². The van der Waals surface area contributed by atoms with Crippen LogP contribution in [0.3, 0.4) is 0 Å². The van der Waals surface area contributed by atoms with Crippen LogP contribution in [-0.4, -0.2) is 15.9 Å². The van der Waals surface area contributed by atoms with Gasteiger partial charge in [-0.15, -0.1) is 11.3 Å². The third-order valence-corrected chi connectivity index (χ3v) is 4.94. The average Bonchev–Trinajstić information content (AvgIpc) is 2.90. The van der Waals surface area contributed by atoms with E-state index in [1.807, 2.05) is 11.4 Å². The van der Waals surface area contributed by atoms with Crippen molar-refractivity contribution in [3.8, 4) is 0 Å². The van der Waals surface area contributed by atoms with E-state index in [1.54, 1.807) is 0 Å². The number of fused-ring (bicyclic) bond motifs is 1. The molecule has 0 amide bonds.